The molecule has 0 saturated carbocycles. The summed E-state index contributed by atoms with van der Waals surface area (Å²) in [6.07, 6.45) is 6.71. The molecule has 146 valence electrons. The monoisotopic (exact) mass is 395 g/mol. The fourth-order valence-corrected chi connectivity index (χ4v) is 4.34. The van der Waals surface area contributed by atoms with Gasteiger partial charge in [0.25, 0.3) is 0 Å². The summed E-state index contributed by atoms with van der Waals surface area (Å²) in [5.41, 5.74) is 2.51. The fourth-order valence-electron chi connectivity index (χ4n) is 3.50. The van der Waals surface area contributed by atoms with Gasteiger partial charge in [0.2, 0.25) is 16.2 Å². The Kier molecular flexibility index (Phi) is 5.71. The number of nitrogens with one attached hydrogen (secondary N) is 1. The van der Waals surface area contributed by atoms with E-state index in [2.05, 4.69) is 51.6 Å². The van der Waals surface area contributed by atoms with E-state index >= 15 is 0 Å². The SMILES string of the molecule is Cc1ccc(CCNC(=O)C2CCCN(c3nnc(-n4cccc4)s3)C2)cc1. The third-order valence-corrected chi connectivity index (χ3v) is 6.12. The molecule has 3 aromatic rings. The molecule has 1 aromatic carbocycles. The molecule has 3 heterocycles. The van der Waals surface area contributed by atoms with Gasteiger partial charge in [-0.05, 0) is 43.9 Å². The summed E-state index contributed by atoms with van der Waals surface area (Å²) in [6, 6.07) is 12.4. The zero-order valence-electron chi connectivity index (χ0n) is 16.0. The topological polar surface area (TPSA) is 63.1 Å². The van der Waals surface area contributed by atoms with Crippen LogP contribution in [0, 0.1) is 12.8 Å². The third-order valence-electron chi connectivity index (χ3n) is 5.13. The van der Waals surface area contributed by atoms with Crippen molar-refractivity contribution >= 4 is 22.4 Å². The molecule has 0 radical (unpaired) electrons. The van der Waals surface area contributed by atoms with Crippen LogP contribution in [0.2, 0.25) is 0 Å². The Morgan fingerprint density at radius 2 is 1.93 bits per heavy atom. The Balaban J connectivity index is 1.30. The number of rotatable bonds is 6. The van der Waals surface area contributed by atoms with Gasteiger partial charge < -0.3 is 10.2 Å². The van der Waals surface area contributed by atoms with E-state index in [-0.39, 0.29) is 11.8 Å². The molecule has 0 spiro atoms. The number of anilines is 1. The highest BCUT2D eigenvalue weighted by molar-refractivity contribution is 7.17. The lowest BCUT2D eigenvalue weighted by Crippen LogP contribution is -2.43. The Hall–Kier alpha value is -2.67. The summed E-state index contributed by atoms with van der Waals surface area (Å²) in [4.78, 5) is 14.8. The van der Waals surface area contributed by atoms with Crippen LogP contribution in [0.15, 0.2) is 48.8 Å². The van der Waals surface area contributed by atoms with Crippen molar-refractivity contribution in [1.29, 1.82) is 0 Å². The largest absolute Gasteiger partial charge is 0.355 e. The van der Waals surface area contributed by atoms with Gasteiger partial charge in [-0.2, -0.15) is 0 Å². The molecule has 6 nitrogen and oxygen atoms in total. The van der Waals surface area contributed by atoms with Gasteiger partial charge in [-0.3, -0.25) is 9.36 Å². The van der Waals surface area contributed by atoms with Crippen molar-refractivity contribution in [1.82, 2.24) is 20.1 Å². The molecule has 28 heavy (non-hydrogen) atoms. The molecule has 4 rings (SSSR count). The molecule has 1 aliphatic rings. The average Bonchev–Trinajstić information content (AvgIpc) is 3.41. The maximum Gasteiger partial charge on any atom is 0.224 e. The first-order valence-corrected chi connectivity index (χ1v) is 10.6. The highest BCUT2D eigenvalue weighted by atomic mass is 32.1. The number of hydrogen-bond donors (Lipinski definition) is 1. The van der Waals surface area contributed by atoms with Crippen LogP contribution in [-0.4, -0.2) is 40.3 Å². The van der Waals surface area contributed by atoms with Gasteiger partial charge in [-0.1, -0.05) is 41.2 Å². The lowest BCUT2D eigenvalue weighted by atomic mass is 9.97. The second-order valence-corrected chi connectivity index (χ2v) is 8.20. The lowest BCUT2D eigenvalue weighted by Gasteiger charge is -2.31. The van der Waals surface area contributed by atoms with Crippen molar-refractivity contribution in [2.45, 2.75) is 26.2 Å². The van der Waals surface area contributed by atoms with Crippen LogP contribution in [0.4, 0.5) is 5.13 Å². The van der Waals surface area contributed by atoms with Crippen molar-refractivity contribution in [2.75, 3.05) is 24.5 Å². The Labute approximate surface area is 169 Å². The van der Waals surface area contributed by atoms with Crippen molar-refractivity contribution in [3.63, 3.8) is 0 Å². The van der Waals surface area contributed by atoms with E-state index < -0.39 is 0 Å². The second kappa shape index (κ2) is 8.56. The number of carbonyl (C=O) groups is 1. The molecule has 1 atom stereocenters. The first-order chi connectivity index (χ1) is 13.7. The van der Waals surface area contributed by atoms with Crippen molar-refractivity contribution in [2.24, 2.45) is 5.92 Å². The molecule has 2 aromatic heterocycles. The summed E-state index contributed by atoms with van der Waals surface area (Å²) in [5.74, 6) is 0.151. The van der Waals surface area contributed by atoms with Gasteiger partial charge in [-0.15, -0.1) is 10.2 Å². The van der Waals surface area contributed by atoms with Crippen LogP contribution < -0.4 is 10.2 Å². The number of hydrogen-bond acceptors (Lipinski definition) is 5. The van der Waals surface area contributed by atoms with Crippen LogP contribution in [0.1, 0.15) is 24.0 Å². The van der Waals surface area contributed by atoms with E-state index in [0.717, 1.165) is 36.1 Å². The van der Waals surface area contributed by atoms with E-state index in [9.17, 15) is 4.79 Å². The quantitative estimate of drug-likeness (QED) is 0.696. The Morgan fingerprint density at radius 3 is 2.71 bits per heavy atom. The minimum atomic E-state index is 0.00527. The second-order valence-electron chi connectivity index (χ2n) is 7.27. The summed E-state index contributed by atoms with van der Waals surface area (Å²) in [7, 11) is 0. The standard InChI is InChI=1S/C21H25N5OS/c1-16-6-8-17(9-7-16)10-11-22-19(27)18-5-4-14-26(15-18)21-24-23-20(28-21)25-12-2-3-13-25/h2-3,6-9,12-13,18H,4-5,10-11,14-15H2,1H3,(H,22,27). The highest BCUT2D eigenvalue weighted by Gasteiger charge is 2.27. The smallest absolute Gasteiger partial charge is 0.224 e. The molecule has 1 unspecified atom stereocenters. The minimum Gasteiger partial charge on any atom is -0.355 e. The summed E-state index contributed by atoms with van der Waals surface area (Å²) in [6.45, 7) is 4.39. The van der Waals surface area contributed by atoms with Gasteiger partial charge in [-0.25, -0.2) is 0 Å². The van der Waals surface area contributed by atoms with Gasteiger partial charge in [0, 0.05) is 32.0 Å². The van der Waals surface area contributed by atoms with Crippen LogP contribution in [-0.2, 0) is 11.2 Å². The van der Waals surface area contributed by atoms with Crippen LogP contribution in [0.5, 0.6) is 0 Å². The number of aromatic nitrogens is 3. The molecule has 1 saturated heterocycles. The minimum absolute atomic E-state index is 0.00527. The lowest BCUT2D eigenvalue weighted by molar-refractivity contribution is -0.125. The Morgan fingerprint density at radius 1 is 1.18 bits per heavy atom. The van der Waals surface area contributed by atoms with E-state index in [1.807, 2.05) is 29.1 Å². The maximum atomic E-state index is 12.6. The average molecular weight is 396 g/mol. The number of carbonyl (C=O) groups excluding carboxylic acids is 1. The van der Waals surface area contributed by atoms with Crippen molar-refractivity contribution < 1.29 is 4.79 Å². The van der Waals surface area contributed by atoms with Gasteiger partial charge >= 0.3 is 0 Å². The van der Waals surface area contributed by atoms with E-state index in [1.165, 1.54) is 11.1 Å². The maximum absolute atomic E-state index is 12.6. The summed E-state index contributed by atoms with van der Waals surface area (Å²) < 4.78 is 1.96. The van der Waals surface area contributed by atoms with Crippen LogP contribution in [0.3, 0.4) is 0 Å². The van der Waals surface area contributed by atoms with Crippen molar-refractivity contribution in [3.8, 4) is 5.13 Å². The first kappa shape index (κ1) is 18.7. The molecule has 0 aliphatic carbocycles. The number of aryl methyl sites for hydroxylation is 1. The molecular formula is C21H25N5OS. The third kappa shape index (κ3) is 4.42. The molecular weight excluding hydrogens is 370 g/mol. The number of nitrogens with zero attached hydrogens (tertiary/aromatic N) is 4. The van der Waals surface area contributed by atoms with E-state index in [1.54, 1.807) is 11.3 Å². The molecule has 1 fully saturated rings. The molecule has 1 aliphatic heterocycles. The summed E-state index contributed by atoms with van der Waals surface area (Å²) >= 11 is 1.56. The van der Waals surface area contributed by atoms with E-state index in [0.29, 0.717) is 13.1 Å². The Bertz CT molecular complexity index is 903. The first-order valence-electron chi connectivity index (χ1n) is 9.74. The zero-order chi connectivity index (χ0) is 19.3. The van der Waals surface area contributed by atoms with Crippen molar-refractivity contribution in [3.05, 3.63) is 59.9 Å². The number of benzene rings is 1. The predicted molar refractivity (Wildman–Crippen MR) is 112 cm³/mol. The van der Waals surface area contributed by atoms with E-state index in [4.69, 9.17) is 0 Å². The van der Waals surface area contributed by atoms with Gasteiger partial charge in [0.15, 0.2) is 0 Å². The van der Waals surface area contributed by atoms with Gasteiger partial charge in [0.05, 0.1) is 5.92 Å². The highest BCUT2D eigenvalue weighted by Crippen LogP contribution is 2.27. The predicted octanol–water partition coefficient (Wildman–Crippen LogP) is 3.21. The molecule has 0 bridgehead atoms. The van der Waals surface area contributed by atoms with Crippen LogP contribution in [0.25, 0.3) is 5.13 Å². The number of piperidine rings is 1. The van der Waals surface area contributed by atoms with Crippen LogP contribution >= 0.6 is 11.3 Å². The normalized spacial score (nSPS) is 16.9. The summed E-state index contributed by atoms with van der Waals surface area (Å²) in [5, 5.41) is 13.5. The molecule has 1 amide bonds. The number of amides is 1. The molecule has 1 N–H and O–H groups in total. The molecule has 7 heteroatoms. The van der Waals surface area contributed by atoms with Gasteiger partial charge in [0.1, 0.15) is 0 Å². The zero-order valence-corrected chi connectivity index (χ0v) is 16.9. The fraction of sp³-hybridized carbons (Fsp3) is 0.381.